The van der Waals surface area contributed by atoms with Crippen molar-refractivity contribution >= 4 is 21.7 Å². The molecular weight excluding hydrogens is 340 g/mol. The molecule has 0 fully saturated rings. The van der Waals surface area contributed by atoms with E-state index in [0.717, 1.165) is 18.4 Å². The Labute approximate surface area is 147 Å². The van der Waals surface area contributed by atoms with E-state index in [1.165, 1.54) is 6.07 Å². The molecule has 25 heavy (non-hydrogen) atoms. The minimum absolute atomic E-state index is 0.202. The van der Waals surface area contributed by atoms with Gasteiger partial charge in [-0.1, -0.05) is 31.5 Å². The molecule has 0 aromatic heterocycles. The number of carboxylic acids is 1. The first-order valence-corrected chi connectivity index (χ1v) is 9.56. The molecule has 0 heterocycles. The first kappa shape index (κ1) is 19.0. The van der Waals surface area contributed by atoms with E-state index in [2.05, 4.69) is 10.0 Å². The largest absolute Gasteiger partial charge is 0.478 e. The molecule has 2 aromatic carbocycles. The fraction of sp³-hybridized carbons (Fsp3) is 0.278. The van der Waals surface area contributed by atoms with E-state index in [-0.39, 0.29) is 10.5 Å². The molecule has 0 saturated heterocycles. The van der Waals surface area contributed by atoms with E-state index in [1.54, 1.807) is 36.4 Å². The van der Waals surface area contributed by atoms with Gasteiger partial charge in [0.05, 0.1) is 10.5 Å². The van der Waals surface area contributed by atoms with Gasteiger partial charge in [-0.05, 0) is 42.3 Å². The molecule has 3 N–H and O–H groups in total. The molecule has 0 aliphatic heterocycles. The van der Waals surface area contributed by atoms with Crippen LogP contribution in [0.3, 0.4) is 0 Å². The van der Waals surface area contributed by atoms with Crippen LogP contribution in [-0.4, -0.2) is 26.0 Å². The molecule has 2 aromatic rings. The highest BCUT2D eigenvalue weighted by molar-refractivity contribution is 7.89. The highest BCUT2D eigenvalue weighted by Gasteiger charge is 2.13. The van der Waals surface area contributed by atoms with Crippen molar-refractivity contribution in [2.24, 2.45) is 0 Å². The van der Waals surface area contributed by atoms with Gasteiger partial charge in [-0.3, -0.25) is 0 Å². The van der Waals surface area contributed by atoms with E-state index in [9.17, 15) is 13.2 Å². The molecule has 6 nitrogen and oxygen atoms in total. The molecule has 134 valence electrons. The van der Waals surface area contributed by atoms with Crippen molar-refractivity contribution in [2.45, 2.75) is 31.2 Å². The second kappa shape index (κ2) is 8.64. The van der Waals surface area contributed by atoms with E-state index >= 15 is 0 Å². The van der Waals surface area contributed by atoms with Gasteiger partial charge in [-0.15, -0.1) is 0 Å². The van der Waals surface area contributed by atoms with Crippen molar-refractivity contribution in [3.63, 3.8) is 0 Å². The van der Waals surface area contributed by atoms with Gasteiger partial charge in [-0.2, -0.15) is 0 Å². The van der Waals surface area contributed by atoms with Gasteiger partial charge < -0.3 is 10.4 Å². The zero-order valence-electron chi connectivity index (χ0n) is 14.0. The lowest BCUT2D eigenvalue weighted by Crippen LogP contribution is -2.24. The number of rotatable bonds is 9. The van der Waals surface area contributed by atoms with Gasteiger partial charge in [0.25, 0.3) is 0 Å². The zero-order chi connectivity index (χ0) is 18.3. The van der Waals surface area contributed by atoms with Crippen LogP contribution in [-0.2, 0) is 16.6 Å². The Hall–Kier alpha value is -2.38. The van der Waals surface area contributed by atoms with Crippen molar-refractivity contribution in [3.8, 4) is 0 Å². The van der Waals surface area contributed by atoms with Crippen molar-refractivity contribution < 1.29 is 18.3 Å². The third-order valence-electron chi connectivity index (χ3n) is 3.64. The average molecular weight is 362 g/mol. The zero-order valence-corrected chi connectivity index (χ0v) is 14.8. The first-order chi connectivity index (χ1) is 11.9. The summed E-state index contributed by atoms with van der Waals surface area (Å²) >= 11 is 0. The second-order valence-electron chi connectivity index (χ2n) is 5.64. The summed E-state index contributed by atoms with van der Waals surface area (Å²) in [5.74, 6) is -0.979. The molecule has 2 rings (SSSR count). The highest BCUT2D eigenvalue weighted by Crippen LogP contribution is 2.17. The summed E-state index contributed by atoms with van der Waals surface area (Å²) in [5.41, 5.74) is 1.67. The summed E-state index contributed by atoms with van der Waals surface area (Å²) in [6.07, 6.45) is 1.70. The van der Waals surface area contributed by atoms with Gasteiger partial charge in [0.15, 0.2) is 0 Å². The van der Waals surface area contributed by atoms with E-state index in [0.29, 0.717) is 18.8 Å². The lowest BCUT2D eigenvalue weighted by atomic mass is 10.1. The Bertz CT molecular complexity index is 834. The van der Waals surface area contributed by atoms with Crippen LogP contribution in [0.4, 0.5) is 5.69 Å². The first-order valence-electron chi connectivity index (χ1n) is 8.08. The maximum absolute atomic E-state index is 12.2. The maximum Gasteiger partial charge on any atom is 0.335 e. The SMILES string of the molecule is CCCCNS(=O)(=O)c1cccc(NCc2cccc(C(=O)O)c2)c1. The number of sulfonamides is 1. The van der Waals surface area contributed by atoms with Gasteiger partial charge >= 0.3 is 5.97 Å². The van der Waals surface area contributed by atoms with Gasteiger partial charge in [0, 0.05) is 18.8 Å². The predicted molar refractivity (Wildman–Crippen MR) is 97.3 cm³/mol. The summed E-state index contributed by atoms with van der Waals surface area (Å²) in [7, 11) is -3.52. The Balaban J connectivity index is 2.06. The third kappa shape index (κ3) is 5.58. The Morgan fingerprint density at radius 2 is 1.88 bits per heavy atom. The van der Waals surface area contributed by atoms with Crippen LogP contribution >= 0.6 is 0 Å². The highest BCUT2D eigenvalue weighted by atomic mass is 32.2. The average Bonchev–Trinajstić information content (AvgIpc) is 2.60. The van der Waals surface area contributed by atoms with Crippen LogP contribution in [0.2, 0.25) is 0 Å². The topological polar surface area (TPSA) is 95.5 Å². The summed E-state index contributed by atoms with van der Waals surface area (Å²) in [6.45, 7) is 2.81. The summed E-state index contributed by atoms with van der Waals surface area (Å²) in [4.78, 5) is 11.2. The van der Waals surface area contributed by atoms with E-state index in [1.807, 2.05) is 13.0 Å². The molecule has 0 saturated carbocycles. The quantitative estimate of drug-likeness (QED) is 0.596. The number of nitrogens with one attached hydrogen (secondary N) is 2. The number of benzene rings is 2. The molecule has 0 bridgehead atoms. The lowest BCUT2D eigenvalue weighted by Gasteiger charge is -2.10. The number of anilines is 1. The van der Waals surface area contributed by atoms with E-state index < -0.39 is 16.0 Å². The van der Waals surface area contributed by atoms with Gasteiger partial charge in [0.2, 0.25) is 10.0 Å². The Morgan fingerprint density at radius 1 is 1.12 bits per heavy atom. The molecule has 0 amide bonds. The number of hydrogen-bond donors (Lipinski definition) is 3. The number of unbranched alkanes of at least 4 members (excludes halogenated alkanes) is 1. The summed E-state index contributed by atoms with van der Waals surface area (Å²) < 4.78 is 27.1. The molecule has 0 unspecified atom stereocenters. The summed E-state index contributed by atoms with van der Waals surface area (Å²) in [6, 6.07) is 13.2. The Morgan fingerprint density at radius 3 is 2.60 bits per heavy atom. The Kier molecular flexibility index (Phi) is 6.55. The second-order valence-corrected chi connectivity index (χ2v) is 7.41. The lowest BCUT2D eigenvalue weighted by molar-refractivity contribution is 0.0696. The number of carbonyl (C=O) groups is 1. The normalized spacial score (nSPS) is 11.2. The monoisotopic (exact) mass is 362 g/mol. The van der Waals surface area contributed by atoms with Crippen molar-refractivity contribution in [1.82, 2.24) is 4.72 Å². The number of carboxylic acid groups (broad SMARTS) is 1. The minimum atomic E-state index is -3.52. The van der Waals surface area contributed by atoms with Crippen LogP contribution in [0.15, 0.2) is 53.4 Å². The standard InChI is InChI=1S/C18H22N2O4S/c1-2-3-10-20-25(23,24)17-9-5-8-16(12-17)19-13-14-6-4-7-15(11-14)18(21)22/h4-9,11-12,19-20H,2-3,10,13H2,1H3,(H,21,22). The van der Waals surface area contributed by atoms with Crippen LogP contribution in [0.1, 0.15) is 35.7 Å². The summed E-state index contributed by atoms with van der Waals surface area (Å²) in [5, 5.41) is 12.1. The minimum Gasteiger partial charge on any atom is -0.478 e. The predicted octanol–water partition coefficient (Wildman–Crippen LogP) is 3.08. The molecule has 0 atom stereocenters. The van der Waals surface area contributed by atoms with Crippen LogP contribution in [0, 0.1) is 0 Å². The number of hydrogen-bond acceptors (Lipinski definition) is 4. The van der Waals surface area contributed by atoms with E-state index in [4.69, 9.17) is 5.11 Å². The van der Waals surface area contributed by atoms with Crippen LogP contribution in [0.25, 0.3) is 0 Å². The van der Waals surface area contributed by atoms with Crippen LogP contribution < -0.4 is 10.0 Å². The molecule has 0 aliphatic rings. The van der Waals surface area contributed by atoms with Crippen molar-refractivity contribution in [2.75, 3.05) is 11.9 Å². The van der Waals surface area contributed by atoms with Gasteiger partial charge in [-0.25, -0.2) is 17.9 Å². The fourth-order valence-electron chi connectivity index (χ4n) is 2.26. The maximum atomic E-state index is 12.2. The van der Waals surface area contributed by atoms with Gasteiger partial charge in [0.1, 0.15) is 0 Å². The molecule has 0 aliphatic carbocycles. The molecule has 7 heteroatoms. The fourth-order valence-corrected chi connectivity index (χ4v) is 3.38. The third-order valence-corrected chi connectivity index (χ3v) is 5.10. The smallest absolute Gasteiger partial charge is 0.335 e. The number of aromatic carboxylic acids is 1. The molecular formula is C18H22N2O4S. The molecule has 0 spiro atoms. The van der Waals surface area contributed by atoms with Crippen molar-refractivity contribution in [3.05, 3.63) is 59.7 Å². The van der Waals surface area contributed by atoms with Crippen molar-refractivity contribution in [1.29, 1.82) is 0 Å². The van der Waals surface area contributed by atoms with Crippen LogP contribution in [0.5, 0.6) is 0 Å². The molecule has 0 radical (unpaired) electrons.